The molecule has 1 aromatic carbocycles. The monoisotopic (exact) mass is 290 g/mol. The molecule has 1 amide bonds. The number of carbonyl (C=O) groups excluding carboxylic acids is 1. The largest absolute Gasteiger partial charge is 0.497 e. The van der Waals surface area contributed by atoms with Gasteiger partial charge in [-0.3, -0.25) is 0 Å². The van der Waals surface area contributed by atoms with Crippen LogP contribution in [0.1, 0.15) is 18.4 Å². The second kappa shape index (κ2) is 5.93. The normalized spacial score (nSPS) is 21.1. The highest BCUT2D eigenvalue weighted by Gasteiger charge is 2.42. The van der Waals surface area contributed by atoms with Crippen molar-refractivity contribution >= 4 is 6.09 Å². The molecule has 5 heteroatoms. The number of amides is 1. The lowest BCUT2D eigenvalue weighted by Crippen LogP contribution is -2.47. The van der Waals surface area contributed by atoms with Crippen molar-refractivity contribution in [1.82, 2.24) is 10.2 Å². The van der Waals surface area contributed by atoms with E-state index < -0.39 is 0 Å². The zero-order valence-electron chi connectivity index (χ0n) is 12.4. The molecule has 1 N–H and O–H groups in total. The van der Waals surface area contributed by atoms with Gasteiger partial charge in [0.05, 0.1) is 13.7 Å². The van der Waals surface area contributed by atoms with Gasteiger partial charge in [0, 0.05) is 32.5 Å². The van der Waals surface area contributed by atoms with Crippen molar-refractivity contribution in [3.05, 3.63) is 29.8 Å². The molecule has 0 unspecified atom stereocenters. The van der Waals surface area contributed by atoms with Gasteiger partial charge in [-0.1, -0.05) is 12.1 Å². The van der Waals surface area contributed by atoms with E-state index in [4.69, 9.17) is 9.47 Å². The summed E-state index contributed by atoms with van der Waals surface area (Å²) in [5, 5.41) is 2.77. The van der Waals surface area contributed by atoms with Crippen LogP contribution in [0.4, 0.5) is 4.79 Å². The summed E-state index contributed by atoms with van der Waals surface area (Å²) in [5.41, 5.74) is 1.08. The van der Waals surface area contributed by atoms with Gasteiger partial charge in [-0.05, 0) is 24.1 Å². The molecule has 0 bridgehead atoms. The summed E-state index contributed by atoms with van der Waals surface area (Å²) in [6, 6.07) is 8.24. The molecule has 3 rings (SSSR count). The molecule has 21 heavy (non-hydrogen) atoms. The molecule has 5 nitrogen and oxygen atoms in total. The summed E-state index contributed by atoms with van der Waals surface area (Å²) >= 11 is 0. The first kappa shape index (κ1) is 14.2. The molecule has 2 fully saturated rings. The van der Waals surface area contributed by atoms with Crippen molar-refractivity contribution in [2.45, 2.75) is 24.9 Å². The van der Waals surface area contributed by atoms with E-state index in [-0.39, 0.29) is 11.7 Å². The third-order valence-electron chi connectivity index (χ3n) is 4.51. The van der Waals surface area contributed by atoms with E-state index in [1.54, 1.807) is 7.11 Å². The van der Waals surface area contributed by atoms with E-state index in [1.807, 2.05) is 12.1 Å². The number of benzene rings is 1. The molecule has 114 valence electrons. The molecule has 0 aromatic heterocycles. The Bertz CT molecular complexity index is 493. The molecular formula is C16H22N2O3. The van der Waals surface area contributed by atoms with Crippen molar-refractivity contribution in [3.8, 4) is 5.75 Å². The number of ether oxygens (including phenoxy) is 2. The number of piperidine rings is 1. The van der Waals surface area contributed by atoms with Crippen LogP contribution in [-0.2, 0) is 11.2 Å². The van der Waals surface area contributed by atoms with E-state index in [9.17, 15) is 4.79 Å². The highest BCUT2D eigenvalue weighted by Crippen LogP contribution is 2.29. The number of likely N-dealkylation sites (tertiary alicyclic amines) is 1. The zero-order valence-corrected chi connectivity index (χ0v) is 12.4. The van der Waals surface area contributed by atoms with Gasteiger partial charge in [-0.15, -0.1) is 0 Å². The van der Waals surface area contributed by atoms with E-state index in [2.05, 4.69) is 22.3 Å². The minimum atomic E-state index is -0.262. The molecule has 0 radical (unpaired) electrons. The fourth-order valence-electron chi connectivity index (χ4n) is 3.04. The Morgan fingerprint density at radius 1 is 1.29 bits per heavy atom. The summed E-state index contributed by atoms with van der Waals surface area (Å²) in [5.74, 6) is 0.897. The molecule has 1 aromatic rings. The summed E-state index contributed by atoms with van der Waals surface area (Å²) < 4.78 is 10.6. The first-order valence-corrected chi connectivity index (χ1v) is 7.51. The molecule has 2 heterocycles. The average molecular weight is 290 g/mol. The maximum absolute atomic E-state index is 11.2. The number of alkyl carbamates (subject to hydrolysis) is 1. The fourth-order valence-corrected chi connectivity index (χ4v) is 3.04. The van der Waals surface area contributed by atoms with Gasteiger partial charge in [-0.2, -0.15) is 0 Å². The maximum Gasteiger partial charge on any atom is 0.407 e. The lowest BCUT2D eigenvalue weighted by Gasteiger charge is -2.37. The first-order valence-electron chi connectivity index (χ1n) is 7.51. The molecule has 0 aliphatic carbocycles. The molecule has 2 aliphatic rings. The van der Waals surface area contributed by atoms with E-state index in [1.165, 1.54) is 5.56 Å². The van der Waals surface area contributed by atoms with Gasteiger partial charge in [0.1, 0.15) is 11.4 Å². The summed E-state index contributed by atoms with van der Waals surface area (Å²) in [7, 11) is 1.68. The van der Waals surface area contributed by atoms with Gasteiger partial charge in [0.25, 0.3) is 0 Å². The lowest BCUT2D eigenvalue weighted by molar-refractivity contribution is 0.00123. The predicted molar refractivity (Wildman–Crippen MR) is 79.6 cm³/mol. The highest BCUT2D eigenvalue weighted by atomic mass is 16.6. The van der Waals surface area contributed by atoms with Crippen LogP contribution in [-0.4, -0.2) is 49.9 Å². The van der Waals surface area contributed by atoms with Crippen LogP contribution in [0.5, 0.6) is 5.75 Å². The van der Waals surface area contributed by atoms with Gasteiger partial charge < -0.3 is 19.7 Å². The maximum atomic E-state index is 11.2. The number of hydrogen-bond acceptors (Lipinski definition) is 4. The quantitative estimate of drug-likeness (QED) is 0.919. The third kappa shape index (κ3) is 3.29. The smallest absolute Gasteiger partial charge is 0.407 e. The van der Waals surface area contributed by atoms with Crippen LogP contribution >= 0.6 is 0 Å². The Balaban J connectivity index is 1.46. The number of nitrogens with zero attached hydrogens (tertiary/aromatic N) is 1. The van der Waals surface area contributed by atoms with Crippen molar-refractivity contribution < 1.29 is 14.3 Å². The van der Waals surface area contributed by atoms with Crippen LogP contribution in [0.3, 0.4) is 0 Å². The summed E-state index contributed by atoms with van der Waals surface area (Å²) in [6.07, 6.45) is 2.62. The van der Waals surface area contributed by atoms with Crippen LogP contribution in [0, 0.1) is 0 Å². The Morgan fingerprint density at radius 3 is 2.57 bits per heavy atom. The average Bonchev–Trinajstić information content (AvgIpc) is 2.88. The standard InChI is InChI=1S/C16H22N2O3/c1-20-14-4-2-13(3-5-14)6-9-18-10-7-16(8-11-18)12-17-15(19)21-16/h2-5H,6-12H2,1H3,(H,17,19). The Hall–Kier alpha value is -1.75. The van der Waals surface area contributed by atoms with Crippen LogP contribution in [0.2, 0.25) is 0 Å². The number of carbonyl (C=O) groups is 1. The number of hydrogen-bond donors (Lipinski definition) is 1. The zero-order chi connectivity index (χ0) is 14.7. The van der Waals surface area contributed by atoms with Crippen molar-refractivity contribution in [2.75, 3.05) is 33.3 Å². The molecule has 2 aliphatic heterocycles. The van der Waals surface area contributed by atoms with Crippen molar-refractivity contribution in [2.24, 2.45) is 0 Å². The lowest BCUT2D eigenvalue weighted by atomic mass is 9.91. The van der Waals surface area contributed by atoms with Gasteiger partial charge in [0.15, 0.2) is 0 Å². The molecule has 0 atom stereocenters. The van der Waals surface area contributed by atoms with E-state index in [0.717, 1.165) is 44.6 Å². The highest BCUT2D eigenvalue weighted by molar-refractivity contribution is 5.70. The van der Waals surface area contributed by atoms with Gasteiger partial charge >= 0.3 is 6.09 Å². The third-order valence-corrected chi connectivity index (χ3v) is 4.51. The molecule has 2 saturated heterocycles. The number of nitrogens with one attached hydrogen (secondary N) is 1. The Labute approximate surface area is 125 Å². The van der Waals surface area contributed by atoms with Crippen LogP contribution in [0.25, 0.3) is 0 Å². The second-order valence-corrected chi connectivity index (χ2v) is 5.87. The van der Waals surface area contributed by atoms with Gasteiger partial charge in [0.2, 0.25) is 0 Å². The summed E-state index contributed by atoms with van der Waals surface area (Å²) in [6.45, 7) is 3.69. The Kier molecular flexibility index (Phi) is 4.01. The van der Waals surface area contributed by atoms with Crippen LogP contribution < -0.4 is 10.1 Å². The predicted octanol–water partition coefficient (Wildman–Crippen LogP) is 1.81. The molecular weight excluding hydrogens is 268 g/mol. The first-order chi connectivity index (χ1) is 10.2. The minimum absolute atomic E-state index is 0.242. The SMILES string of the molecule is COc1ccc(CCN2CCC3(CC2)CNC(=O)O3)cc1. The summed E-state index contributed by atoms with van der Waals surface area (Å²) in [4.78, 5) is 13.6. The minimum Gasteiger partial charge on any atom is -0.497 e. The Morgan fingerprint density at radius 2 is 2.00 bits per heavy atom. The number of methoxy groups -OCH3 is 1. The topological polar surface area (TPSA) is 50.8 Å². The van der Waals surface area contributed by atoms with E-state index >= 15 is 0 Å². The second-order valence-electron chi connectivity index (χ2n) is 5.87. The molecule has 1 spiro atoms. The number of rotatable bonds is 4. The van der Waals surface area contributed by atoms with Crippen molar-refractivity contribution in [3.63, 3.8) is 0 Å². The molecule has 0 saturated carbocycles. The van der Waals surface area contributed by atoms with Gasteiger partial charge in [-0.25, -0.2) is 4.79 Å². The van der Waals surface area contributed by atoms with Crippen molar-refractivity contribution in [1.29, 1.82) is 0 Å². The fraction of sp³-hybridized carbons (Fsp3) is 0.562. The van der Waals surface area contributed by atoms with Crippen LogP contribution in [0.15, 0.2) is 24.3 Å². The van der Waals surface area contributed by atoms with E-state index in [0.29, 0.717) is 6.54 Å².